The van der Waals surface area contributed by atoms with Crippen LogP contribution < -0.4 is 25.4 Å². The van der Waals surface area contributed by atoms with Gasteiger partial charge < -0.3 is 30.3 Å². The third-order valence-electron chi connectivity index (χ3n) is 6.07. The Balaban J connectivity index is 1.56. The molecular weight excluding hydrogens is 555 g/mol. The number of nitrogens with zero attached hydrogens (tertiary/aromatic N) is 4. The molecule has 4 aliphatic heterocycles. The van der Waals surface area contributed by atoms with E-state index in [1.54, 1.807) is 41.3 Å². The van der Waals surface area contributed by atoms with Crippen LogP contribution in [0.15, 0.2) is 48.5 Å². The predicted octanol–water partition coefficient (Wildman–Crippen LogP) is 4.17. The van der Waals surface area contributed by atoms with Crippen molar-refractivity contribution in [3.05, 3.63) is 59.7 Å². The summed E-state index contributed by atoms with van der Waals surface area (Å²) in [6.45, 7) is 3.85. The molecule has 2 aromatic carbocycles. The van der Waals surface area contributed by atoms with Crippen molar-refractivity contribution in [1.82, 2.24) is 25.2 Å². The number of aromatic nitrogens is 3. The Kier molecular flexibility index (Phi) is 9.99. The molecule has 5 heterocycles. The van der Waals surface area contributed by atoms with Crippen molar-refractivity contribution < 1.29 is 32.2 Å². The van der Waals surface area contributed by atoms with E-state index < -0.39 is 18.8 Å². The van der Waals surface area contributed by atoms with Gasteiger partial charge in [0.1, 0.15) is 5.75 Å². The minimum Gasteiger partial charge on any atom is -0.494 e. The second kappa shape index (κ2) is 13.8. The summed E-state index contributed by atoms with van der Waals surface area (Å²) in [7, 11) is 0. The standard InChI is InChI=1S/C28H32F3N7O4/c1-18(2)24(40)38-13-3-15-41-22-10-4-19(5-11-22)16-33-25-35-26(37-27(36-25)42-17-28(29,30)31)34-21-8-6-20(7-9-21)23(39)32-12-14-38/h4-11,18H,3,12-17H2,1-2H3,(H,32,39)(H2,33,34,35,36,37). The summed E-state index contributed by atoms with van der Waals surface area (Å²) in [5, 5.41) is 8.70. The molecule has 42 heavy (non-hydrogen) atoms. The van der Waals surface area contributed by atoms with Gasteiger partial charge in [-0.05, 0) is 48.4 Å². The number of hydrogen-bond acceptors (Lipinski definition) is 9. The molecule has 14 heteroatoms. The van der Waals surface area contributed by atoms with Gasteiger partial charge in [-0.1, -0.05) is 26.0 Å². The van der Waals surface area contributed by atoms with Gasteiger partial charge in [0.25, 0.3) is 5.91 Å². The lowest BCUT2D eigenvalue weighted by molar-refractivity contribution is -0.154. The van der Waals surface area contributed by atoms with Crippen LogP contribution in [0.4, 0.5) is 30.8 Å². The molecule has 0 aliphatic carbocycles. The molecular formula is C28H32F3N7O4. The van der Waals surface area contributed by atoms with Crippen molar-refractivity contribution in [2.45, 2.75) is 33.0 Å². The van der Waals surface area contributed by atoms with Gasteiger partial charge in [0.2, 0.25) is 17.8 Å². The predicted molar refractivity (Wildman–Crippen MR) is 149 cm³/mol. The second-order valence-electron chi connectivity index (χ2n) is 9.81. The smallest absolute Gasteiger partial charge is 0.422 e. The fourth-order valence-electron chi connectivity index (χ4n) is 3.97. The van der Waals surface area contributed by atoms with Gasteiger partial charge in [0, 0.05) is 43.3 Å². The van der Waals surface area contributed by atoms with E-state index in [0.29, 0.717) is 43.1 Å². The number of hydrogen-bond donors (Lipinski definition) is 3. The Morgan fingerprint density at radius 3 is 2.40 bits per heavy atom. The van der Waals surface area contributed by atoms with Crippen LogP contribution in [0.3, 0.4) is 0 Å². The largest absolute Gasteiger partial charge is 0.494 e. The molecule has 7 rings (SSSR count). The van der Waals surface area contributed by atoms with Gasteiger partial charge in [-0.3, -0.25) is 9.59 Å². The summed E-state index contributed by atoms with van der Waals surface area (Å²) in [5.41, 5.74) is 1.70. The molecule has 0 atom stereocenters. The first-order valence-electron chi connectivity index (χ1n) is 13.4. The molecule has 0 saturated carbocycles. The highest BCUT2D eigenvalue weighted by Crippen LogP contribution is 2.21. The second-order valence-corrected chi connectivity index (χ2v) is 9.81. The van der Waals surface area contributed by atoms with Crippen LogP contribution in [0.2, 0.25) is 0 Å². The van der Waals surface area contributed by atoms with Crippen LogP contribution in [-0.2, 0) is 11.3 Å². The molecule has 11 nitrogen and oxygen atoms in total. The van der Waals surface area contributed by atoms with Crippen molar-refractivity contribution in [3.8, 4) is 11.8 Å². The number of alkyl halides is 3. The van der Waals surface area contributed by atoms with E-state index in [1.165, 1.54) is 0 Å². The first-order valence-corrected chi connectivity index (χ1v) is 13.4. The first-order chi connectivity index (χ1) is 20.1. The third-order valence-corrected chi connectivity index (χ3v) is 6.07. The molecule has 224 valence electrons. The Hall–Kier alpha value is -4.62. The number of carbonyl (C=O) groups is 2. The Labute approximate surface area is 240 Å². The molecule has 0 unspecified atom stereocenters. The van der Waals surface area contributed by atoms with E-state index in [-0.39, 0.29) is 42.7 Å². The maximum Gasteiger partial charge on any atom is 0.422 e. The molecule has 1 aromatic heterocycles. The molecule has 6 bridgehead atoms. The van der Waals surface area contributed by atoms with E-state index in [1.807, 2.05) is 26.0 Å². The number of nitrogens with one attached hydrogen (secondary N) is 3. The first kappa shape index (κ1) is 30.3. The van der Waals surface area contributed by atoms with Crippen LogP contribution in [0.1, 0.15) is 36.2 Å². The molecule has 0 fully saturated rings. The summed E-state index contributed by atoms with van der Waals surface area (Å²) in [6, 6.07) is 13.1. The monoisotopic (exact) mass is 587 g/mol. The number of amides is 2. The fourth-order valence-corrected chi connectivity index (χ4v) is 3.97. The van der Waals surface area contributed by atoms with E-state index in [9.17, 15) is 22.8 Å². The van der Waals surface area contributed by atoms with Gasteiger partial charge in [-0.25, -0.2) is 0 Å². The van der Waals surface area contributed by atoms with Gasteiger partial charge in [-0.15, -0.1) is 0 Å². The molecule has 3 N–H and O–H groups in total. The van der Waals surface area contributed by atoms with Crippen molar-refractivity contribution in [3.63, 3.8) is 0 Å². The summed E-state index contributed by atoms with van der Waals surface area (Å²) in [5.74, 6) is 0.0773. The SMILES string of the molecule is CC(C)C(=O)N1CCCOc2ccc(cc2)CNc2nc(nc(OCC(F)(F)F)n2)Nc2ccc(cc2)C(=O)NCC1. The van der Waals surface area contributed by atoms with Crippen LogP contribution in [-0.4, -0.2) is 70.7 Å². The van der Waals surface area contributed by atoms with E-state index >= 15 is 0 Å². The Morgan fingerprint density at radius 1 is 1.00 bits per heavy atom. The minimum absolute atomic E-state index is 0.000102. The zero-order valence-electron chi connectivity index (χ0n) is 23.2. The number of rotatable bonds is 3. The van der Waals surface area contributed by atoms with Gasteiger partial charge >= 0.3 is 12.2 Å². The van der Waals surface area contributed by atoms with Crippen molar-refractivity contribution in [1.29, 1.82) is 0 Å². The fraction of sp³-hybridized carbons (Fsp3) is 0.393. The third kappa shape index (κ3) is 9.21. The highest BCUT2D eigenvalue weighted by molar-refractivity contribution is 5.94. The normalized spacial score (nSPS) is 14.9. The number of halogens is 3. The number of carbonyl (C=O) groups excluding carboxylic acids is 2. The quantitative estimate of drug-likeness (QED) is 0.413. The van der Waals surface area contributed by atoms with Crippen molar-refractivity contribution in [2.75, 3.05) is 43.5 Å². The molecule has 3 aromatic rings. The van der Waals surface area contributed by atoms with E-state index in [2.05, 4.69) is 30.9 Å². The highest BCUT2D eigenvalue weighted by atomic mass is 19.4. The van der Waals surface area contributed by atoms with E-state index in [4.69, 9.17) is 9.47 Å². The lowest BCUT2D eigenvalue weighted by Crippen LogP contribution is -2.41. The Morgan fingerprint density at radius 2 is 1.71 bits per heavy atom. The average Bonchev–Trinajstić information content (AvgIpc) is 2.96. The van der Waals surface area contributed by atoms with Gasteiger partial charge in [0.05, 0.1) is 6.61 Å². The van der Waals surface area contributed by atoms with Crippen molar-refractivity contribution >= 4 is 29.4 Å². The van der Waals surface area contributed by atoms with Crippen molar-refractivity contribution in [2.24, 2.45) is 5.92 Å². The van der Waals surface area contributed by atoms with Crippen LogP contribution >= 0.6 is 0 Å². The molecule has 0 spiro atoms. The molecule has 4 aliphatic rings. The summed E-state index contributed by atoms with van der Waals surface area (Å²) in [6.07, 6.45) is -3.97. The average molecular weight is 588 g/mol. The lowest BCUT2D eigenvalue weighted by Gasteiger charge is -2.25. The molecule has 2 amide bonds. The molecule has 0 saturated heterocycles. The number of ether oxygens (including phenoxy) is 2. The minimum atomic E-state index is -4.57. The van der Waals surface area contributed by atoms with E-state index in [0.717, 1.165) is 5.56 Å². The summed E-state index contributed by atoms with van der Waals surface area (Å²) >= 11 is 0. The van der Waals surface area contributed by atoms with Gasteiger partial charge in [0.15, 0.2) is 6.61 Å². The highest BCUT2D eigenvalue weighted by Gasteiger charge is 2.29. The topological polar surface area (TPSA) is 131 Å². The summed E-state index contributed by atoms with van der Waals surface area (Å²) in [4.78, 5) is 39.3. The zero-order valence-corrected chi connectivity index (χ0v) is 23.2. The van der Waals surface area contributed by atoms with Crippen LogP contribution in [0.25, 0.3) is 0 Å². The molecule has 0 radical (unpaired) electrons. The zero-order chi connectivity index (χ0) is 30.1. The maximum atomic E-state index is 12.8. The maximum absolute atomic E-state index is 12.8. The number of benzene rings is 2. The lowest BCUT2D eigenvalue weighted by atomic mass is 10.1. The number of anilines is 3. The Bertz CT molecular complexity index is 1350. The summed E-state index contributed by atoms with van der Waals surface area (Å²) < 4.78 is 48.8. The van der Waals surface area contributed by atoms with Gasteiger partial charge in [-0.2, -0.15) is 28.1 Å². The van der Waals surface area contributed by atoms with Crippen LogP contribution in [0, 0.1) is 5.92 Å². The van der Waals surface area contributed by atoms with Crippen LogP contribution in [0.5, 0.6) is 11.8 Å².